The standard InChI is InChI=1S/C23H32N4O3.HI/c1-2-24-23(26-13-7-14-29-18-21-10-6-15-30-21)25-12-5-11-22(28)27-16-19-8-3-4-9-20(19)17-27;/h3-4,6,8-10,15H,2,5,7,11-14,16-18H2,1H3,(H2,24,25,26);1H. The van der Waals surface area contributed by atoms with Crippen molar-refractivity contribution in [1.82, 2.24) is 15.5 Å². The molecule has 1 aliphatic heterocycles. The summed E-state index contributed by atoms with van der Waals surface area (Å²) >= 11 is 0. The van der Waals surface area contributed by atoms with Crippen molar-refractivity contribution in [2.24, 2.45) is 4.99 Å². The van der Waals surface area contributed by atoms with Gasteiger partial charge in [0.2, 0.25) is 5.91 Å². The average molecular weight is 540 g/mol. The normalized spacial score (nSPS) is 12.9. The van der Waals surface area contributed by atoms with Crippen molar-refractivity contribution in [3.8, 4) is 0 Å². The molecule has 8 heteroatoms. The highest BCUT2D eigenvalue weighted by Crippen LogP contribution is 2.22. The maximum absolute atomic E-state index is 12.5. The summed E-state index contributed by atoms with van der Waals surface area (Å²) in [6, 6.07) is 12.0. The number of nitrogens with one attached hydrogen (secondary N) is 2. The van der Waals surface area contributed by atoms with E-state index in [1.165, 1.54) is 11.1 Å². The van der Waals surface area contributed by atoms with Gasteiger partial charge in [0, 0.05) is 45.8 Å². The minimum Gasteiger partial charge on any atom is -0.467 e. The van der Waals surface area contributed by atoms with Crippen molar-refractivity contribution in [2.45, 2.75) is 45.9 Å². The van der Waals surface area contributed by atoms with Crippen molar-refractivity contribution in [1.29, 1.82) is 0 Å². The van der Waals surface area contributed by atoms with Gasteiger partial charge in [0.05, 0.1) is 6.26 Å². The Bertz CT molecular complexity index is 786. The third kappa shape index (κ3) is 8.53. The molecule has 2 aromatic rings. The van der Waals surface area contributed by atoms with Gasteiger partial charge in [0.25, 0.3) is 0 Å². The molecule has 0 aliphatic carbocycles. The summed E-state index contributed by atoms with van der Waals surface area (Å²) in [5.41, 5.74) is 2.52. The molecule has 7 nitrogen and oxygen atoms in total. The van der Waals surface area contributed by atoms with Gasteiger partial charge in [-0.05, 0) is 43.0 Å². The predicted octanol–water partition coefficient (Wildman–Crippen LogP) is 3.68. The first kappa shape index (κ1) is 25.2. The maximum atomic E-state index is 12.5. The molecule has 1 aliphatic rings. The van der Waals surface area contributed by atoms with Gasteiger partial charge in [0.1, 0.15) is 12.4 Å². The van der Waals surface area contributed by atoms with Crippen molar-refractivity contribution >= 4 is 35.8 Å². The summed E-state index contributed by atoms with van der Waals surface area (Å²) in [5, 5.41) is 6.55. The number of guanidine groups is 1. The number of hydrogen-bond donors (Lipinski definition) is 2. The third-order valence-electron chi connectivity index (χ3n) is 4.94. The average Bonchev–Trinajstić information content (AvgIpc) is 3.43. The van der Waals surface area contributed by atoms with E-state index in [4.69, 9.17) is 9.15 Å². The number of amides is 1. The van der Waals surface area contributed by atoms with Gasteiger partial charge in [-0.3, -0.25) is 9.79 Å². The Labute approximate surface area is 201 Å². The number of ether oxygens (including phenoxy) is 1. The van der Waals surface area contributed by atoms with Gasteiger partial charge in [-0.25, -0.2) is 0 Å². The molecule has 170 valence electrons. The molecule has 3 rings (SSSR count). The molecule has 1 aromatic heterocycles. The lowest BCUT2D eigenvalue weighted by Crippen LogP contribution is -2.38. The van der Waals surface area contributed by atoms with Crippen LogP contribution < -0.4 is 10.6 Å². The van der Waals surface area contributed by atoms with Gasteiger partial charge < -0.3 is 24.7 Å². The highest BCUT2D eigenvalue weighted by atomic mass is 127. The van der Waals surface area contributed by atoms with Crippen molar-refractivity contribution < 1.29 is 13.9 Å². The van der Waals surface area contributed by atoms with Crippen LogP contribution in [0.1, 0.15) is 43.1 Å². The van der Waals surface area contributed by atoms with Gasteiger partial charge in [0.15, 0.2) is 5.96 Å². The number of aliphatic imine (C=N–C) groups is 1. The molecule has 1 aromatic carbocycles. The minimum atomic E-state index is 0. The first-order chi connectivity index (χ1) is 14.8. The number of rotatable bonds is 11. The highest BCUT2D eigenvalue weighted by Gasteiger charge is 2.22. The molecule has 1 amide bonds. The number of carbonyl (C=O) groups is 1. The molecule has 2 N–H and O–H groups in total. The molecule has 2 heterocycles. The SMILES string of the molecule is CCNC(=NCCCC(=O)N1Cc2ccccc2C1)NCCCOCc1ccco1.I. The van der Waals surface area contributed by atoms with Crippen LogP contribution in [0.2, 0.25) is 0 Å². The summed E-state index contributed by atoms with van der Waals surface area (Å²) in [6.07, 6.45) is 3.79. The molecule has 31 heavy (non-hydrogen) atoms. The van der Waals surface area contributed by atoms with Crippen LogP contribution in [-0.4, -0.2) is 43.0 Å². The second kappa shape index (κ2) is 14.1. The fraction of sp³-hybridized carbons (Fsp3) is 0.478. The van der Waals surface area contributed by atoms with Gasteiger partial charge in [-0.1, -0.05) is 24.3 Å². The van der Waals surface area contributed by atoms with E-state index in [9.17, 15) is 4.79 Å². The highest BCUT2D eigenvalue weighted by molar-refractivity contribution is 14.0. The fourth-order valence-electron chi connectivity index (χ4n) is 3.38. The number of fused-ring (bicyclic) bond motifs is 1. The molecule has 0 radical (unpaired) electrons. The number of hydrogen-bond acceptors (Lipinski definition) is 4. The first-order valence-corrected chi connectivity index (χ1v) is 10.7. The summed E-state index contributed by atoms with van der Waals surface area (Å²) in [6.45, 7) is 6.84. The zero-order valence-corrected chi connectivity index (χ0v) is 20.5. The first-order valence-electron chi connectivity index (χ1n) is 10.7. The van der Waals surface area contributed by atoms with E-state index in [1.807, 2.05) is 36.1 Å². The zero-order chi connectivity index (χ0) is 21.0. The lowest BCUT2D eigenvalue weighted by atomic mass is 10.1. The zero-order valence-electron chi connectivity index (χ0n) is 18.1. The van der Waals surface area contributed by atoms with Crippen LogP contribution in [-0.2, 0) is 29.2 Å². The fourth-order valence-corrected chi connectivity index (χ4v) is 3.38. The lowest BCUT2D eigenvalue weighted by Gasteiger charge is -2.15. The molecule has 0 saturated heterocycles. The number of furan rings is 1. The molecule has 0 spiro atoms. The Kier molecular flexibility index (Phi) is 11.4. The predicted molar refractivity (Wildman–Crippen MR) is 132 cm³/mol. The van der Waals surface area contributed by atoms with Gasteiger partial charge in [-0.2, -0.15) is 0 Å². The topological polar surface area (TPSA) is 79.1 Å². The van der Waals surface area contributed by atoms with Crippen LogP contribution in [0, 0.1) is 0 Å². The molecule has 0 atom stereocenters. The van der Waals surface area contributed by atoms with Crippen LogP contribution >= 0.6 is 24.0 Å². The molecular formula is C23H33IN4O3. The van der Waals surface area contributed by atoms with E-state index in [-0.39, 0.29) is 29.9 Å². The summed E-state index contributed by atoms with van der Waals surface area (Å²) < 4.78 is 10.8. The van der Waals surface area contributed by atoms with Crippen LogP contribution in [0.3, 0.4) is 0 Å². The molecule has 0 fully saturated rings. The van der Waals surface area contributed by atoms with Gasteiger partial charge >= 0.3 is 0 Å². The smallest absolute Gasteiger partial charge is 0.223 e. The van der Waals surface area contributed by atoms with E-state index in [2.05, 4.69) is 27.8 Å². The molecule has 0 unspecified atom stereocenters. The number of halogens is 1. The monoisotopic (exact) mass is 540 g/mol. The van der Waals surface area contributed by atoms with E-state index >= 15 is 0 Å². The third-order valence-corrected chi connectivity index (χ3v) is 4.94. The van der Waals surface area contributed by atoms with Crippen molar-refractivity contribution in [3.05, 3.63) is 59.5 Å². The minimum absolute atomic E-state index is 0. The van der Waals surface area contributed by atoms with Crippen LogP contribution in [0.4, 0.5) is 0 Å². The van der Waals surface area contributed by atoms with Crippen LogP contribution in [0.5, 0.6) is 0 Å². The summed E-state index contributed by atoms with van der Waals surface area (Å²) in [5.74, 6) is 1.82. The quantitative estimate of drug-likeness (QED) is 0.197. The second-order valence-corrected chi connectivity index (χ2v) is 7.30. The van der Waals surface area contributed by atoms with Crippen LogP contribution in [0.15, 0.2) is 52.1 Å². The Balaban J connectivity index is 0.00000341. The molecular weight excluding hydrogens is 507 g/mol. The van der Waals surface area contributed by atoms with Crippen molar-refractivity contribution in [3.63, 3.8) is 0 Å². The van der Waals surface area contributed by atoms with E-state index in [0.29, 0.717) is 26.2 Å². The van der Waals surface area contributed by atoms with E-state index in [1.54, 1.807) is 6.26 Å². The maximum Gasteiger partial charge on any atom is 0.223 e. The Hall–Kier alpha value is -2.07. The van der Waals surface area contributed by atoms with E-state index in [0.717, 1.165) is 50.7 Å². The Morgan fingerprint density at radius 1 is 1.13 bits per heavy atom. The number of nitrogens with zero attached hydrogens (tertiary/aromatic N) is 2. The molecule has 0 saturated carbocycles. The Morgan fingerprint density at radius 2 is 1.90 bits per heavy atom. The largest absolute Gasteiger partial charge is 0.467 e. The summed E-state index contributed by atoms with van der Waals surface area (Å²) in [7, 11) is 0. The summed E-state index contributed by atoms with van der Waals surface area (Å²) in [4.78, 5) is 19.0. The molecule has 0 bridgehead atoms. The Morgan fingerprint density at radius 3 is 2.58 bits per heavy atom. The van der Waals surface area contributed by atoms with Crippen LogP contribution in [0.25, 0.3) is 0 Å². The van der Waals surface area contributed by atoms with Gasteiger partial charge in [-0.15, -0.1) is 24.0 Å². The number of benzene rings is 1. The van der Waals surface area contributed by atoms with E-state index < -0.39 is 0 Å². The van der Waals surface area contributed by atoms with Crippen molar-refractivity contribution in [2.75, 3.05) is 26.2 Å². The lowest BCUT2D eigenvalue weighted by molar-refractivity contribution is -0.131. The number of carbonyl (C=O) groups excluding carboxylic acids is 1. The second-order valence-electron chi connectivity index (χ2n) is 7.30.